The molecule has 110 valence electrons. The number of hydrogen-bond acceptors (Lipinski definition) is 4. The van der Waals surface area contributed by atoms with E-state index >= 15 is 0 Å². The minimum absolute atomic E-state index is 0.193. The highest BCUT2D eigenvalue weighted by molar-refractivity contribution is 5.88. The smallest absolute Gasteiger partial charge is 0.339 e. The topological polar surface area (TPSA) is 72.3 Å². The van der Waals surface area contributed by atoms with Crippen molar-refractivity contribution in [2.24, 2.45) is 0 Å². The number of carbonyl (C=O) groups is 1. The molecule has 5 heteroatoms. The summed E-state index contributed by atoms with van der Waals surface area (Å²) >= 11 is 0. The van der Waals surface area contributed by atoms with E-state index in [9.17, 15) is 4.79 Å². The van der Waals surface area contributed by atoms with Gasteiger partial charge in [-0.1, -0.05) is 26.2 Å². The summed E-state index contributed by atoms with van der Waals surface area (Å²) in [5, 5.41) is 9.15. The van der Waals surface area contributed by atoms with Crippen LogP contribution < -0.4 is 0 Å². The highest BCUT2D eigenvalue weighted by Crippen LogP contribution is 2.38. The Labute approximate surface area is 119 Å². The maximum absolute atomic E-state index is 11.2. The van der Waals surface area contributed by atoms with Crippen LogP contribution in [0.15, 0.2) is 6.20 Å². The Morgan fingerprint density at radius 1 is 1.35 bits per heavy atom. The van der Waals surface area contributed by atoms with Crippen LogP contribution in [0.5, 0.6) is 0 Å². The molecule has 2 rings (SSSR count). The second kappa shape index (κ2) is 6.31. The molecule has 1 aliphatic carbocycles. The lowest BCUT2D eigenvalue weighted by molar-refractivity contribution is -0.0768. The number of aromatic carboxylic acids is 1. The van der Waals surface area contributed by atoms with E-state index in [0.717, 1.165) is 25.7 Å². The minimum atomic E-state index is -0.970. The summed E-state index contributed by atoms with van der Waals surface area (Å²) in [4.78, 5) is 20.0. The first-order valence-corrected chi connectivity index (χ1v) is 7.36. The zero-order valence-corrected chi connectivity index (χ0v) is 12.2. The molecule has 1 saturated carbocycles. The number of nitrogens with zero attached hydrogens (tertiary/aromatic N) is 2. The fourth-order valence-corrected chi connectivity index (χ4v) is 2.92. The van der Waals surface area contributed by atoms with E-state index in [4.69, 9.17) is 9.84 Å². The van der Waals surface area contributed by atoms with E-state index in [1.807, 2.05) is 13.8 Å². The molecule has 20 heavy (non-hydrogen) atoms. The Kier molecular flexibility index (Phi) is 4.70. The molecule has 0 radical (unpaired) electrons. The van der Waals surface area contributed by atoms with Gasteiger partial charge < -0.3 is 9.84 Å². The quantitative estimate of drug-likeness (QED) is 0.896. The Balaban J connectivity index is 2.41. The third kappa shape index (κ3) is 2.82. The summed E-state index contributed by atoms with van der Waals surface area (Å²) in [6.07, 6.45) is 7.25. The van der Waals surface area contributed by atoms with E-state index in [1.165, 1.54) is 12.6 Å². The molecule has 5 nitrogen and oxygen atoms in total. The van der Waals surface area contributed by atoms with Crippen LogP contribution in [0.3, 0.4) is 0 Å². The SMILES string of the molecule is CCOC1(c2ncc(C(=O)O)c(CC)n2)CCCCC1. The molecule has 0 unspecified atom stereocenters. The molecule has 0 bridgehead atoms. The van der Waals surface area contributed by atoms with Crippen LogP contribution in [0, 0.1) is 0 Å². The molecule has 1 aliphatic rings. The van der Waals surface area contributed by atoms with E-state index in [-0.39, 0.29) is 5.56 Å². The van der Waals surface area contributed by atoms with Crippen molar-refractivity contribution in [1.82, 2.24) is 9.97 Å². The average Bonchev–Trinajstić information content (AvgIpc) is 2.47. The molecule has 0 aromatic carbocycles. The van der Waals surface area contributed by atoms with Crippen LogP contribution in [-0.4, -0.2) is 27.7 Å². The van der Waals surface area contributed by atoms with E-state index in [0.29, 0.717) is 24.5 Å². The lowest BCUT2D eigenvalue weighted by Crippen LogP contribution is -2.35. The predicted molar refractivity (Wildman–Crippen MR) is 74.8 cm³/mol. The van der Waals surface area contributed by atoms with Crippen LogP contribution in [0.2, 0.25) is 0 Å². The van der Waals surface area contributed by atoms with E-state index in [1.54, 1.807) is 0 Å². The molecule has 0 aliphatic heterocycles. The van der Waals surface area contributed by atoms with Gasteiger partial charge >= 0.3 is 5.97 Å². The number of carboxylic acid groups (broad SMARTS) is 1. The fourth-order valence-electron chi connectivity index (χ4n) is 2.92. The van der Waals surface area contributed by atoms with Crippen LogP contribution in [-0.2, 0) is 16.8 Å². The fraction of sp³-hybridized carbons (Fsp3) is 0.667. The maximum Gasteiger partial charge on any atom is 0.339 e. The predicted octanol–water partition coefficient (Wildman–Crippen LogP) is 2.93. The van der Waals surface area contributed by atoms with Crippen molar-refractivity contribution in [3.63, 3.8) is 0 Å². The molecule has 0 atom stereocenters. The van der Waals surface area contributed by atoms with Crippen LogP contribution >= 0.6 is 0 Å². The van der Waals surface area contributed by atoms with E-state index < -0.39 is 11.6 Å². The van der Waals surface area contributed by atoms with Gasteiger partial charge in [-0.15, -0.1) is 0 Å². The van der Waals surface area contributed by atoms with Gasteiger partial charge in [0.1, 0.15) is 5.60 Å². The van der Waals surface area contributed by atoms with Crippen molar-refractivity contribution < 1.29 is 14.6 Å². The van der Waals surface area contributed by atoms with Crippen molar-refractivity contribution in [1.29, 1.82) is 0 Å². The van der Waals surface area contributed by atoms with Gasteiger partial charge in [0.05, 0.1) is 11.3 Å². The first-order chi connectivity index (χ1) is 9.63. The molecule has 0 spiro atoms. The lowest BCUT2D eigenvalue weighted by atomic mass is 9.83. The first-order valence-electron chi connectivity index (χ1n) is 7.36. The first kappa shape index (κ1) is 14.9. The molecule has 0 saturated heterocycles. The normalized spacial score (nSPS) is 17.9. The summed E-state index contributed by atoms with van der Waals surface area (Å²) in [6, 6.07) is 0. The van der Waals surface area contributed by atoms with Crippen molar-refractivity contribution in [3.8, 4) is 0 Å². The van der Waals surface area contributed by atoms with E-state index in [2.05, 4.69) is 9.97 Å². The maximum atomic E-state index is 11.2. The van der Waals surface area contributed by atoms with Crippen molar-refractivity contribution in [2.45, 2.75) is 58.0 Å². The molecular weight excluding hydrogens is 256 g/mol. The third-order valence-electron chi connectivity index (χ3n) is 3.92. The average molecular weight is 278 g/mol. The van der Waals surface area contributed by atoms with Crippen LogP contribution in [0.1, 0.15) is 67.8 Å². The lowest BCUT2D eigenvalue weighted by Gasteiger charge is -2.35. The van der Waals surface area contributed by atoms with Crippen molar-refractivity contribution >= 4 is 5.97 Å². The summed E-state index contributed by atoms with van der Waals surface area (Å²) < 4.78 is 5.98. The molecular formula is C15H22N2O3. The summed E-state index contributed by atoms with van der Waals surface area (Å²) in [5.41, 5.74) is 0.361. The van der Waals surface area contributed by atoms with Gasteiger partial charge in [-0.3, -0.25) is 0 Å². The van der Waals surface area contributed by atoms with Gasteiger partial charge in [0.2, 0.25) is 0 Å². The standard InChI is InChI=1S/C15H22N2O3/c1-3-12-11(13(18)19)10-16-14(17-12)15(20-4-2)8-6-5-7-9-15/h10H,3-9H2,1-2H3,(H,18,19). The van der Waals surface area contributed by atoms with Gasteiger partial charge in [-0.25, -0.2) is 14.8 Å². The number of hydrogen-bond donors (Lipinski definition) is 1. The number of ether oxygens (including phenoxy) is 1. The monoisotopic (exact) mass is 278 g/mol. The third-order valence-corrected chi connectivity index (χ3v) is 3.92. The molecule has 1 fully saturated rings. The molecule has 1 N–H and O–H groups in total. The Morgan fingerprint density at radius 3 is 2.60 bits per heavy atom. The largest absolute Gasteiger partial charge is 0.478 e. The van der Waals surface area contributed by atoms with Crippen molar-refractivity contribution in [3.05, 3.63) is 23.3 Å². The summed E-state index contributed by atoms with van der Waals surface area (Å²) in [5.74, 6) is -0.316. The van der Waals surface area contributed by atoms with Crippen LogP contribution in [0.4, 0.5) is 0 Å². The van der Waals surface area contributed by atoms with Crippen LogP contribution in [0.25, 0.3) is 0 Å². The number of carboxylic acids is 1. The molecule has 1 aromatic heterocycles. The van der Waals surface area contributed by atoms with Gasteiger partial charge in [0.15, 0.2) is 5.82 Å². The van der Waals surface area contributed by atoms with Gasteiger partial charge in [-0.2, -0.15) is 0 Å². The number of rotatable bonds is 5. The van der Waals surface area contributed by atoms with Gasteiger partial charge in [0, 0.05) is 12.8 Å². The molecule has 1 heterocycles. The minimum Gasteiger partial charge on any atom is -0.478 e. The summed E-state index contributed by atoms with van der Waals surface area (Å²) in [7, 11) is 0. The molecule has 0 amide bonds. The Morgan fingerprint density at radius 2 is 2.05 bits per heavy atom. The van der Waals surface area contributed by atoms with Gasteiger partial charge in [-0.05, 0) is 26.2 Å². The summed E-state index contributed by atoms with van der Waals surface area (Å²) in [6.45, 7) is 4.50. The number of aryl methyl sites for hydroxylation is 1. The number of aromatic nitrogens is 2. The highest BCUT2D eigenvalue weighted by Gasteiger charge is 2.37. The second-order valence-corrected chi connectivity index (χ2v) is 5.20. The highest BCUT2D eigenvalue weighted by atomic mass is 16.5. The zero-order valence-electron chi connectivity index (χ0n) is 12.2. The second-order valence-electron chi connectivity index (χ2n) is 5.20. The Bertz CT molecular complexity index is 476. The van der Waals surface area contributed by atoms with Gasteiger partial charge in [0.25, 0.3) is 0 Å². The van der Waals surface area contributed by atoms with Crippen molar-refractivity contribution in [2.75, 3.05) is 6.61 Å². The Hall–Kier alpha value is -1.49. The molecule has 1 aromatic rings. The zero-order chi connectivity index (χ0) is 14.6.